The van der Waals surface area contributed by atoms with Crippen LogP contribution in [0.2, 0.25) is 0 Å². The molecule has 0 aliphatic rings. The first-order chi connectivity index (χ1) is 13.5. The number of pyridine rings is 1. The molecule has 0 atom stereocenters. The molecule has 0 aliphatic heterocycles. The first-order valence-corrected chi connectivity index (χ1v) is 8.65. The van der Waals surface area contributed by atoms with Crippen molar-refractivity contribution in [3.63, 3.8) is 0 Å². The van der Waals surface area contributed by atoms with Crippen LogP contribution < -0.4 is 16.0 Å². The Morgan fingerprint density at radius 2 is 1.79 bits per heavy atom. The van der Waals surface area contributed by atoms with E-state index in [2.05, 4.69) is 15.0 Å². The Hall–Kier alpha value is -3.87. The van der Waals surface area contributed by atoms with Crippen molar-refractivity contribution in [1.82, 2.24) is 15.0 Å². The highest BCUT2D eigenvalue weighted by Gasteiger charge is 2.15. The highest BCUT2D eigenvalue weighted by atomic mass is 16.5. The normalized spacial score (nSPS) is 10.9. The fourth-order valence-corrected chi connectivity index (χ4v) is 3.00. The van der Waals surface area contributed by atoms with Gasteiger partial charge < -0.3 is 9.84 Å². The molecule has 7 nitrogen and oxygen atoms in total. The molecule has 2 heterocycles. The van der Waals surface area contributed by atoms with Gasteiger partial charge in [-0.15, -0.1) is 0 Å². The van der Waals surface area contributed by atoms with E-state index in [1.54, 1.807) is 6.07 Å². The molecule has 0 amide bonds. The Bertz CT molecular complexity index is 1270. The molecule has 0 bridgehead atoms. The standard InChI is InChI=1S/C21H17N3O4/c1-12-6-8-14(9-7-12)28-11-13-10-17(22-16-5-3-2-4-15(13)16)18-19(25)23-21(27)24-20(18)26/h2-10H,11H2,1H3,(H3,23,24,25,26,27). The highest BCUT2D eigenvalue weighted by Crippen LogP contribution is 2.27. The van der Waals surface area contributed by atoms with Crippen LogP contribution in [-0.4, -0.2) is 20.1 Å². The Labute approximate surface area is 159 Å². The molecule has 0 saturated heterocycles. The van der Waals surface area contributed by atoms with E-state index in [4.69, 9.17) is 4.74 Å². The number of H-pyrrole nitrogens is 2. The van der Waals surface area contributed by atoms with E-state index in [9.17, 15) is 14.7 Å². The van der Waals surface area contributed by atoms with Gasteiger partial charge in [-0.05, 0) is 31.2 Å². The van der Waals surface area contributed by atoms with Gasteiger partial charge in [0.2, 0.25) is 5.88 Å². The van der Waals surface area contributed by atoms with Crippen LogP contribution in [0.1, 0.15) is 11.1 Å². The van der Waals surface area contributed by atoms with Crippen LogP contribution in [0.25, 0.3) is 22.2 Å². The number of aromatic amines is 2. The van der Waals surface area contributed by atoms with Gasteiger partial charge in [-0.2, -0.15) is 0 Å². The maximum atomic E-state index is 12.2. The first-order valence-electron chi connectivity index (χ1n) is 8.65. The van der Waals surface area contributed by atoms with Gasteiger partial charge in [0.25, 0.3) is 5.56 Å². The molecule has 0 fully saturated rings. The number of nitrogens with zero attached hydrogens (tertiary/aromatic N) is 1. The summed E-state index contributed by atoms with van der Waals surface area (Å²) in [6.07, 6.45) is 0. The van der Waals surface area contributed by atoms with E-state index in [1.807, 2.05) is 55.5 Å². The lowest BCUT2D eigenvalue weighted by molar-refractivity contribution is 0.307. The van der Waals surface area contributed by atoms with Crippen molar-refractivity contribution >= 4 is 10.9 Å². The lowest BCUT2D eigenvalue weighted by Crippen LogP contribution is -2.23. The van der Waals surface area contributed by atoms with Gasteiger partial charge in [-0.3, -0.25) is 14.8 Å². The maximum Gasteiger partial charge on any atom is 0.328 e. The number of aromatic hydroxyl groups is 1. The van der Waals surface area contributed by atoms with E-state index in [1.165, 1.54) is 0 Å². The second kappa shape index (κ2) is 7.03. The van der Waals surface area contributed by atoms with Crippen LogP contribution in [0.4, 0.5) is 0 Å². The third kappa shape index (κ3) is 3.37. The van der Waals surface area contributed by atoms with Gasteiger partial charge in [-0.25, -0.2) is 9.78 Å². The summed E-state index contributed by atoms with van der Waals surface area (Å²) in [6.45, 7) is 2.25. The Balaban J connectivity index is 1.81. The summed E-state index contributed by atoms with van der Waals surface area (Å²) in [5.41, 5.74) is 1.23. The molecule has 28 heavy (non-hydrogen) atoms. The number of nitrogens with one attached hydrogen (secondary N) is 2. The molecule has 4 rings (SSSR count). The van der Waals surface area contributed by atoms with Gasteiger partial charge in [0.1, 0.15) is 17.9 Å². The van der Waals surface area contributed by atoms with E-state index in [0.29, 0.717) is 5.52 Å². The Morgan fingerprint density at radius 1 is 1.04 bits per heavy atom. The molecular weight excluding hydrogens is 358 g/mol. The quantitative estimate of drug-likeness (QED) is 0.508. The molecule has 4 aromatic rings. The Kier molecular flexibility index (Phi) is 4.41. The van der Waals surface area contributed by atoms with E-state index < -0.39 is 17.1 Å². The molecule has 0 radical (unpaired) electrons. The summed E-state index contributed by atoms with van der Waals surface area (Å²) in [4.78, 5) is 32.3. The van der Waals surface area contributed by atoms with E-state index in [0.717, 1.165) is 22.3 Å². The third-order valence-corrected chi connectivity index (χ3v) is 4.40. The van der Waals surface area contributed by atoms with Crippen molar-refractivity contribution in [2.75, 3.05) is 0 Å². The van der Waals surface area contributed by atoms with Crippen LogP contribution in [0.3, 0.4) is 0 Å². The number of aromatic nitrogens is 3. The topological polar surface area (TPSA) is 108 Å². The van der Waals surface area contributed by atoms with Crippen molar-refractivity contribution in [2.45, 2.75) is 13.5 Å². The molecule has 0 saturated carbocycles. The summed E-state index contributed by atoms with van der Waals surface area (Å²) in [5.74, 6) is 0.194. The molecular formula is C21H17N3O4. The summed E-state index contributed by atoms with van der Waals surface area (Å²) in [6, 6.07) is 16.8. The molecule has 2 aromatic carbocycles. The van der Waals surface area contributed by atoms with Crippen molar-refractivity contribution < 1.29 is 9.84 Å². The smallest absolute Gasteiger partial charge is 0.328 e. The lowest BCUT2D eigenvalue weighted by Gasteiger charge is -2.12. The average Bonchev–Trinajstić information content (AvgIpc) is 2.66. The van der Waals surface area contributed by atoms with Crippen molar-refractivity contribution in [3.8, 4) is 22.9 Å². The first kappa shape index (κ1) is 17.5. The minimum Gasteiger partial charge on any atom is -0.494 e. The largest absolute Gasteiger partial charge is 0.494 e. The molecule has 3 N–H and O–H groups in total. The SMILES string of the molecule is Cc1ccc(OCc2cc(-c3c(O)[nH]c(=O)[nH]c3=O)nc3ccccc23)cc1. The van der Waals surface area contributed by atoms with E-state index >= 15 is 0 Å². The van der Waals surface area contributed by atoms with Gasteiger partial charge in [0.15, 0.2) is 0 Å². The molecule has 0 spiro atoms. The van der Waals surface area contributed by atoms with E-state index in [-0.39, 0.29) is 17.9 Å². The van der Waals surface area contributed by atoms with Crippen LogP contribution in [0, 0.1) is 6.92 Å². The fourth-order valence-electron chi connectivity index (χ4n) is 3.00. The number of rotatable bonds is 4. The molecule has 0 unspecified atom stereocenters. The summed E-state index contributed by atoms with van der Waals surface area (Å²) in [5, 5.41) is 10.9. The summed E-state index contributed by atoms with van der Waals surface area (Å²) < 4.78 is 5.89. The summed E-state index contributed by atoms with van der Waals surface area (Å²) in [7, 11) is 0. The number of fused-ring (bicyclic) bond motifs is 1. The highest BCUT2D eigenvalue weighted by molar-refractivity contribution is 5.85. The second-order valence-corrected chi connectivity index (χ2v) is 6.42. The van der Waals surface area contributed by atoms with Crippen molar-refractivity contribution in [3.05, 3.63) is 86.6 Å². The molecule has 7 heteroatoms. The number of benzene rings is 2. The monoisotopic (exact) mass is 375 g/mol. The number of aryl methyl sites for hydroxylation is 1. The van der Waals surface area contributed by atoms with Gasteiger partial charge >= 0.3 is 5.69 Å². The van der Waals surface area contributed by atoms with Gasteiger partial charge in [-0.1, -0.05) is 35.9 Å². The number of hydrogen-bond acceptors (Lipinski definition) is 5. The predicted molar refractivity (Wildman–Crippen MR) is 106 cm³/mol. The molecule has 0 aliphatic carbocycles. The number of hydrogen-bond donors (Lipinski definition) is 3. The maximum absolute atomic E-state index is 12.2. The summed E-state index contributed by atoms with van der Waals surface area (Å²) >= 11 is 0. The zero-order chi connectivity index (χ0) is 19.7. The second-order valence-electron chi connectivity index (χ2n) is 6.42. The van der Waals surface area contributed by atoms with Crippen LogP contribution in [0.5, 0.6) is 11.6 Å². The molecule has 2 aromatic heterocycles. The zero-order valence-corrected chi connectivity index (χ0v) is 15.0. The van der Waals surface area contributed by atoms with Crippen molar-refractivity contribution in [2.24, 2.45) is 0 Å². The fraction of sp³-hybridized carbons (Fsp3) is 0.0952. The van der Waals surface area contributed by atoms with Crippen LogP contribution in [0.15, 0.2) is 64.2 Å². The zero-order valence-electron chi connectivity index (χ0n) is 15.0. The van der Waals surface area contributed by atoms with Gasteiger partial charge in [0.05, 0.1) is 11.2 Å². The average molecular weight is 375 g/mol. The van der Waals surface area contributed by atoms with Gasteiger partial charge in [0, 0.05) is 10.9 Å². The molecule has 140 valence electrons. The van der Waals surface area contributed by atoms with Crippen LogP contribution in [-0.2, 0) is 6.61 Å². The minimum atomic E-state index is -0.782. The lowest BCUT2D eigenvalue weighted by atomic mass is 10.1. The number of para-hydroxylation sites is 1. The number of ether oxygens (including phenoxy) is 1. The van der Waals surface area contributed by atoms with Crippen LogP contribution >= 0.6 is 0 Å². The third-order valence-electron chi connectivity index (χ3n) is 4.40. The minimum absolute atomic E-state index is 0.0954. The Morgan fingerprint density at radius 3 is 2.54 bits per heavy atom. The predicted octanol–water partition coefficient (Wildman–Crippen LogP) is 2.87. The van der Waals surface area contributed by atoms with Crippen molar-refractivity contribution in [1.29, 1.82) is 0 Å².